The van der Waals surface area contributed by atoms with Gasteiger partial charge in [-0.15, -0.1) is 0 Å². The van der Waals surface area contributed by atoms with Gasteiger partial charge in [-0.3, -0.25) is 9.98 Å². The van der Waals surface area contributed by atoms with Crippen molar-refractivity contribution >= 4 is 49.2 Å². The fourth-order valence-corrected chi connectivity index (χ4v) is 7.29. The minimum absolute atomic E-state index is 0.000298. The van der Waals surface area contributed by atoms with Gasteiger partial charge in [-0.2, -0.15) is 0 Å². The number of nitrogens with one attached hydrogen (secondary N) is 2. The summed E-state index contributed by atoms with van der Waals surface area (Å²) in [6.07, 6.45) is 3.21. The van der Waals surface area contributed by atoms with Gasteiger partial charge in [-0.05, 0) is 101 Å². The minimum Gasteiger partial charge on any atom is -0.503 e. The maximum Gasteiger partial charge on any atom is 0.172 e. The van der Waals surface area contributed by atoms with Gasteiger partial charge in [0, 0.05) is 41.0 Å². The zero-order chi connectivity index (χ0) is 29.0. The summed E-state index contributed by atoms with van der Waals surface area (Å²) in [6, 6.07) is 16.7. The van der Waals surface area contributed by atoms with E-state index in [-0.39, 0.29) is 11.7 Å². The van der Waals surface area contributed by atoms with Gasteiger partial charge in [0.2, 0.25) is 0 Å². The molecule has 1 unspecified atom stereocenters. The third kappa shape index (κ3) is 4.49. The van der Waals surface area contributed by atoms with E-state index in [0.29, 0.717) is 23.1 Å². The monoisotopic (exact) mass is 624 g/mol. The van der Waals surface area contributed by atoms with E-state index in [9.17, 15) is 5.11 Å². The zero-order valence-corrected chi connectivity index (χ0v) is 25.6. The van der Waals surface area contributed by atoms with Crippen molar-refractivity contribution in [1.82, 2.24) is 9.97 Å². The number of ether oxygens (including phenoxy) is 2. The summed E-state index contributed by atoms with van der Waals surface area (Å²) in [5, 5.41) is 13.5. The molecule has 0 bridgehead atoms. The number of aromatic hydroxyl groups is 1. The van der Waals surface area contributed by atoms with Crippen LogP contribution in [-0.2, 0) is 12.8 Å². The number of hydrogen-bond donors (Lipinski definition) is 3. The SMILES string of the molecule is COc1ccc2c3c([nH]c2c1)C(CC(CC1=NCCc2c1[nH]c1cc(C)ccc21)c1ccc(OC)c(O)c1Br)=NCC3. The number of aromatic nitrogens is 2. The Morgan fingerprint density at radius 2 is 1.45 bits per heavy atom. The molecule has 0 saturated heterocycles. The summed E-state index contributed by atoms with van der Waals surface area (Å²) in [6.45, 7) is 3.63. The summed E-state index contributed by atoms with van der Waals surface area (Å²) < 4.78 is 11.5. The number of phenols is 1. The number of benzene rings is 3. The van der Waals surface area contributed by atoms with Crippen LogP contribution in [0.3, 0.4) is 0 Å². The van der Waals surface area contributed by atoms with Crippen LogP contribution in [0.25, 0.3) is 21.8 Å². The van der Waals surface area contributed by atoms with Gasteiger partial charge in [0.15, 0.2) is 11.5 Å². The summed E-state index contributed by atoms with van der Waals surface area (Å²) in [5.74, 6) is 1.38. The summed E-state index contributed by atoms with van der Waals surface area (Å²) >= 11 is 3.71. The van der Waals surface area contributed by atoms with E-state index in [2.05, 4.69) is 63.2 Å². The molecule has 1 atom stereocenters. The highest BCUT2D eigenvalue weighted by Gasteiger charge is 2.29. The lowest BCUT2D eigenvalue weighted by molar-refractivity contribution is 0.371. The number of halogens is 1. The molecular formula is C34H33BrN4O3. The van der Waals surface area contributed by atoms with Crippen LogP contribution in [0, 0.1) is 6.92 Å². The molecule has 7 nitrogen and oxygen atoms in total. The second kappa shape index (κ2) is 10.7. The van der Waals surface area contributed by atoms with E-state index in [4.69, 9.17) is 19.5 Å². The number of methoxy groups -OCH3 is 2. The van der Waals surface area contributed by atoms with Crippen LogP contribution in [0.5, 0.6) is 17.2 Å². The number of fused-ring (bicyclic) bond motifs is 6. The van der Waals surface area contributed by atoms with Gasteiger partial charge in [0.25, 0.3) is 0 Å². The number of hydrogen-bond acceptors (Lipinski definition) is 5. The van der Waals surface area contributed by atoms with Crippen molar-refractivity contribution in [1.29, 1.82) is 0 Å². The summed E-state index contributed by atoms with van der Waals surface area (Å²) in [5.41, 5.74) is 11.4. The van der Waals surface area contributed by atoms with Gasteiger partial charge in [-0.1, -0.05) is 18.2 Å². The first-order valence-corrected chi connectivity index (χ1v) is 15.2. The molecule has 0 spiro atoms. The molecule has 42 heavy (non-hydrogen) atoms. The number of phenolic OH excluding ortho intramolecular Hbond substituents is 1. The topological polar surface area (TPSA) is 95.0 Å². The Labute approximate surface area is 252 Å². The van der Waals surface area contributed by atoms with Crippen molar-refractivity contribution in [2.45, 2.75) is 38.5 Å². The molecule has 2 aromatic heterocycles. The Balaban J connectivity index is 1.30. The zero-order valence-electron chi connectivity index (χ0n) is 24.0. The average Bonchev–Trinajstić information content (AvgIpc) is 3.56. The normalized spacial score (nSPS) is 15.2. The Morgan fingerprint density at radius 3 is 2.07 bits per heavy atom. The number of aliphatic imine (C=N–C) groups is 2. The highest BCUT2D eigenvalue weighted by Crippen LogP contribution is 2.43. The van der Waals surface area contributed by atoms with Crippen molar-refractivity contribution in [3.63, 3.8) is 0 Å². The molecule has 0 amide bonds. The van der Waals surface area contributed by atoms with E-state index in [0.717, 1.165) is 71.1 Å². The van der Waals surface area contributed by atoms with Gasteiger partial charge < -0.3 is 24.5 Å². The maximum atomic E-state index is 11.0. The summed E-state index contributed by atoms with van der Waals surface area (Å²) in [7, 11) is 3.26. The van der Waals surface area contributed by atoms with E-state index in [1.165, 1.54) is 27.5 Å². The molecule has 214 valence electrons. The van der Waals surface area contributed by atoms with Crippen molar-refractivity contribution < 1.29 is 14.6 Å². The molecule has 0 radical (unpaired) electrons. The smallest absolute Gasteiger partial charge is 0.172 e. The van der Waals surface area contributed by atoms with Gasteiger partial charge in [0.1, 0.15) is 5.75 Å². The first kappa shape index (κ1) is 26.8. The molecule has 4 heterocycles. The van der Waals surface area contributed by atoms with Crippen LogP contribution in [0.15, 0.2) is 63.0 Å². The average molecular weight is 626 g/mol. The van der Waals surface area contributed by atoms with Crippen LogP contribution in [0.1, 0.15) is 52.4 Å². The quantitative estimate of drug-likeness (QED) is 0.176. The molecule has 7 rings (SSSR count). The fraction of sp³-hybridized carbons (Fsp3) is 0.294. The van der Waals surface area contributed by atoms with Crippen LogP contribution in [0.2, 0.25) is 0 Å². The predicted molar refractivity (Wildman–Crippen MR) is 172 cm³/mol. The largest absolute Gasteiger partial charge is 0.503 e. The van der Waals surface area contributed by atoms with Gasteiger partial charge >= 0.3 is 0 Å². The highest BCUT2D eigenvalue weighted by molar-refractivity contribution is 9.10. The Kier molecular flexibility index (Phi) is 6.81. The molecular weight excluding hydrogens is 592 g/mol. The van der Waals surface area contributed by atoms with E-state index in [1.54, 1.807) is 14.2 Å². The summed E-state index contributed by atoms with van der Waals surface area (Å²) in [4.78, 5) is 17.4. The van der Waals surface area contributed by atoms with E-state index < -0.39 is 0 Å². The molecule has 0 saturated carbocycles. The molecule has 0 fully saturated rings. The molecule has 2 aliphatic heterocycles. The standard InChI is InChI=1S/C34H33BrN4O3/c1-18-4-6-22-24-10-12-36-28(32(24)38-26(22)14-18)15-19(21-8-9-30(42-3)34(40)31(21)35)16-29-33-25(11-13-37-29)23-7-5-20(41-2)17-27(23)39-33/h4-9,14,17,19,38-40H,10-13,15-16H2,1-3H3. The van der Waals surface area contributed by atoms with Crippen LogP contribution in [0.4, 0.5) is 0 Å². The molecule has 3 aromatic carbocycles. The van der Waals surface area contributed by atoms with Crippen LogP contribution < -0.4 is 9.47 Å². The first-order valence-electron chi connectivity index (χ1n) is 14.4. The maximum absolute atomic E-state index is 11.0. The fourth-order valence-electron chi connectivity index (χ4n) is 6.64. The molecule has 3 N–H and O–H groups in total. The van der Waals surface area contributed by atoms with Crippen molar-refractivity contribution in [3.05, 3.63) is 86.6 Å². The Bertz CT molecular complexity index is 1920. The number of aromatic amines is 2. The lowest BCUT2D eigenvalue weighted by Gasteiger charge is -2.24. The number of rotatable bonds is 7. The van der Waals surface area contributed by atoms with E-state index >= 15 is 0 Å². The van der Waals surface area contributed by atoms with Crippen molar-refractivity contribution in [2.75, 3.05) is 27.3 Å². The molecule has 5 aromatic rings. The molecule has 0 aliphatic carbocycles. The second-order valence-electron chi connectivity index (χ2n) is 11.2. The Morgan fingerprint density at radius 1 is 0.833 bits per heavy atom. The lowest BCUT2D eigenvalue weighted by Crippen LogP contribution is -2.20. The van der Waals surface area contributed by atoms with Gasteiger partial charge in [-0.25, -0.2) is 0 Å². The van der Waals surface area contributed by atoms with Gasteiger partial charge in [0.05, 0.1) is 41.5 Å². The van der Waals surface area contributed by atoms with Crippen molar-refractivity contribution in [2.24, 2.45) is 9.98 Å². The minimum atomic E-state index is -0.000298. The molecule has 8 heteroatoms. The highest BCUT2D eigenvalue weighted by atomic mass is 79.9. The first-order chi connectivity index (χ1) is 20.4. The van der Waals surface area contributed by atoms with Crippen LogP contribution in [-0.4, -0.2) is 53.8 Å². The predicted octanol–water partition coefficient (Wildman–Crippen LogP) is 7.40. The molecule has 2 aliphatic rings. The number of H-pyrrole nitrogens is 2. The Hall–Kier alpha value is -4.04. The van der Waals surface area contributed by atoms with E-state index in [1.807, 2.05) is 18.2 Å². The second-order valence-corrected chi connectivity index (χ2v) is 12.0. The number of nitrogens with zero attached hydrogens (tertiary/aromatic N) is 2. The lowest BCUT2D eigenvalue weighted by atomic mass is 9.84. The third-order valence-electron chi connectivity index (χ3n) is 8.73. The van der Waals surface area contributed by atoms with Crippen LogP contribution >= 0.6 is 15.9 Å². The third-order valence-corrected chi connectivity index (χ3v) is 9.56. The number of aryl methyl sites for hydroxylation is 1. The van der Waals surface area contributed by atoms with Crippen molar-refractivity contribution in [3.8, 4) is 17.2 Å².